The summed E-state index contributed by atoms with van der Waals surface area (Å²) in [6, 6.07) is 12.3. The number of ether oxygens (including phenoxy) is 1. The maximum absolute atomic E-state index is 12.5. The molecule has 1 atom stereocenters. The third-order valence-electron chi connectivity index (χ3n) is 3.75. The molecule has 0 spiro atoms. The molecule has 128 valence electrons. The monoisotopic (exact) mass is 395 g/mol. The van der Waals surface area contributed by atoms with Crippen LogP contribution < -0.4 is 0 Å². The highest BCUT2D eigenvalue weighted by molar-refractivity contribution is 9.10. The van der Waals surface area contributed by atoms with Gasteiger partial charge in [0.2, 0.25) is 0 Å². The maximum Gasteiger partial charge on any atom is 0.411 e. The topological polar surface area (TPSA) is 80.0 Å². The van der Waals surface area contributed by atoms with Crippen LogP contribution in [0.2, 0.25) is 0 Å². The number of furan rings is 1. The van der Waals surface area contributed by atoms with Gasteiger partial charge in [0.25, 0.3) is 0 Å². The first-order valence-electron chi connectivity index (χ1n) is 7.37. The second-order valence-corrected chi connectivity index (χ2v) is 6.05. The second kappa shape index (κ2) is 7.53. The minimum atomic E-state index is -1.67. The van der Waals surface area contributed by atoms with Gasteiger partial charge in [-0.15, -0.1) is 0 Å². The smallest absolute Gasteiger partial charge is 0.411 e. The number of carboxylic acids is 1. The summed E-state index contributed by atoms with van der Waals surface area (Å²) in [5.74, 6) is -1.07. The van der Waals surface area contributed by atoms with E-state index in [0.29, 0.717) is 4.67 Å². The fourth-order valence-electron chi connectivity index (χ4n) is 2.35. The Labute approximate surface area is 148 Å². The van der Waals surface area contributed by atoms with E-state index in [0.717, 1.165) is 10.5 Å². The molecule has 0 saturated heterocycles. The van der Waals surface area contributed by atoms with Gasteiger partial charge in [-0.25, -0.2) is 9.59 Å². The SMILES string of the molecule is CCN(C(=O)OCc1ccccc1)C(C)(C(=O)O)c1ccc(Br)o1. The Kier molecular flexibility index (Phi) is 5.66. The van der Waals surface area contributed by atoms with E-state index in [1.807, 2.05) is 30.3 Å². The fourth-order valence-corrected chi connectivity index (χ4v) is 2.66. The molecular weight excluding hydrogens is 378 g/mol. The van der Waals surface area contributed by atoms with E-state index < -0.39 is 17.6 Å². The number of carbonyl (C=O) groups excluding carboxylic acids is 1. The van der Waals surface area contributed by atoms with Crippen LogP contribution in [0.5, 0.6) is 0 Å². The number of carbonyl (C=O) groups is 2. The third kappa shape index (κ3) is 3.62. The van der Waals surface area contributed by atoms with Gasteiger partial charge in [-0.1, -0.05) is 30.3 Å². The highest BCUT2D eigenvalue weighted by Crippen LogP contribution is 2.32. The van der Waals surface area contributed by atoms with Crippen LogP contribution in [0.15, 0.2) is 51.6 Å². The first kappa shape index (κ1) is 18.1. The van der Waals surface area contributed by atoms with Gasteiger partial charge < -0.3 is 14.3 Å². The Morgan fingerprint density at radius 2 is 1.92 bits per heavy atom. The van der Waals surface area contributed by atoms with Crippen LogP contribution >= 0.6 is 15.9 Å². The summed E-state index contributed by atoms with van der Waals surface area (Å²) in [6.07, 6.45) is -0.723. The first-order chi connectivity index (χ1) is 11.4. The molecule has 1 amide bonds. The minimum absolute atomic E-state index is 0.0632. The number of rotatable bonds is 6. The zero-order chi connectivity index (χ0) is 17.7. The molecule has 0 aliphatic heterocycles. The minimum Gasteiger partial charge on any atom is -0.479 e. The lowest BCUT2D eigenvalue weighted by molar-refractivity contribution is -0.151. The van der Waals surface area contributed by atoms with Crippen molar-refractivity contribution in [1.82, 2.24) is 4.90 Å². The normalized spacial score (nSPS) is 13.1. The van der Waals surface area contributed by atoms with E-state index in [9.17, 15) is 14.7 Å². The first-order valence-corrected chi connectivity index (χ1v) is 8.16. The zero-order valence-corrected chi connectivity index (χ0v) is 14.9. The molecule has 7 heteroatoms. The Balaban J connectivity index is 2.23. The van der Waals surface area contributed by atoms with Crippen LogP contribution in [-0.2, 0) is 21.7 Å². The largest absolute Gasteiger partial charge is 0.479 e. The number of hydrogen-bond donors (Lipinski definition) is 1. The number of halogens is 1. The number of carboxylic acid groups (broad SMARTS) is 1. The van der Waals surface area contributed by atoms with E-state index in [4.69, 9.17) is 9.15 Å². The average molecular weight is 396 g/mol. The van der Waals surface area contributed by atoms with Crippen molar-refractivity contribution in [2.45, 2.75) is 26.0 Å². The van der Waals surface area contributed by atoms with Crippen molar-refractivity contribution in [3.8, 4) is 0 Å². The van der Waals surface area contributed by atoms with Crippen molar-refractivity contribution in [2.24, 2.45) is 0 Å². The molecule has 0 fully saturated rings. The summed E-state index contributed by atoms with van der Waals surface area (Å²) in [7, 11) is 0. The van der Waals surface area contributed by atoms with Crippen molar-refractivity contribution >= 4 is 28.0 Å². The second-order valence-electron chi connectivity index (χ2n) is 5.27. The van der Waals surface area contributed by atoms with Gasteiger partial charge in [-0.05, 0) is 47.5 Å². The van der Waals surface area contributed by atoms with Crippen molar-refractivity contribution in [3.05, 3.63) is 58.5 Å². The number of benzene rings is 1. The lowest BCUT2D eigenvalue weighted by Gasteiger charge is -2.34. The van der Waals surface area contributed by atoms with Gasteiger partial charge >= 0.3 is 12.1 Å². The van der Waals surface area contributed by atoms with E-state index in [-0.39, 0.29) is 18.9 Å². The molecule has 1 N–H and O–H groups in total. The van der Waals surface area contributed by atoms with Gasteiger partial charge in [-0.3, -0.25) is 4.90 Å². The van der Waals surface area contributed by atoms with Crippen LogP contribution in [0, 0.1) is 0 Å². The third-order valence-corrected chi connectivity index (χ3v) is 4.18. The summed E-state index contributed by atoms with van der Waals surface area (Å²) < 4.78 is 11.1. The van der Waals surface area contributed by atoms with E-state index in [1.165, 1.54) is 13.0 Å². The molecule has 1 aromatic carbocycles. The Morgan fingerprint density at radius 3 is 2.42 bits per heavy atom. The summed E-state index contributed by atoms with van der Waals surface area (Å²) >= 11 is 3.15. The molecule has 0 saturated carbocycles. The number of likely N-dealkylation sites (N-methyl/N-ethyl adjacent to an activating group) is 1. The highest BCUT2D eigenvalue weighted by atomic mass is 79.9. The molecule has 1 unspecified atom stereocenters. The molecule has 0 aliphatic carbocycles. The summed E-state index contributed by atoms with van der Waals surface area (Å²) in [6.45, 7) is 3.30. The van der Waals surface area contributed by atoms with Crippen molar-refractivity contribution in [3.63, 3.8) is 0 Å². The average Bonchev–Trinajstić information content (AvgIpc) is 3.01. The quantitative estimate of drug-likeness (QED) is 0.799. The number of amides is 1. The Hall–Kier alpha value is -2.28. The molecule has 1 heterocycles. The lowest BCUT2D eigenvalue weighted by atomic mass is 9.97. The standard InChI is InChI=1S/C17H18BrNO5/c1-3-19(16(22)23-11-12-7-5-4-6-8-12)17(2,15(20)21)13-9-10-14(18)24-13/h4-10H,3,11H2,1-2H3,(H,20,21). The predicted octanol–water partition coefficient (Wildman–Crippen LogP) is 4.00. The fraction of sp³-hybridized carbons (Fsp3) is 0.294. The Bertz CT molecular complexity index is 715. The molecule has 2 aromatic rings. The van der Waals surface area contributed by atoms with E-state index >= 15 is 0 Å². The zero-order valence-electron chi connectivity index (χ0n) is 13.4. The number of nitrogens with zero attached hydrogens (tertiary/aromatic N) is 1. The molecule has 0 bridgehead atoms. The lowest BCUT2D eigenvalue weighted by Crippen LogP contribution is -2.52. The van der Waals surface area contributed by atoms with Gasteiger partial charge in [0.05, 0.1) is 0 Å². The molecule has 24 heavy (non-hydrogen) atoms. The van der Waals surface area contributed by atoms with Gasteiger partial charge in [-0.2, -0.15) is 0 Å². The van der Waals surface area contributed by atoms with Crippen molar-refractivity contribution < 1.29 is 23.8 Å². The van der Waals surface area contributed by atoms with Crippen LogP contribution in [0.3, 0.4) is 0 Å². The molecular formula is C17H18BrNO5. The molecule has 2 rings (SSSR count). The van der Waals surface area contributed by atoms with Gasteiger partial charge in [0, 0.05) is 6.54 Å². The van der Waals surface area contributed by atoms with Gasteiger partial charge in [0.15, 0.2) is 10.2 Å². The van der Waals surface area contributed by atoms with Crippen LogP contribution in [0.25, 0.3) is 0 Å². The maximum atomic E-state index is 12.5. The molecule has 1 aromatic heterocycles. The van der Waals surface area contributed by atoms with Gasteiger partial charge in [0.1, 0.15) is 12.4 Å². The van der Waals surface area contributed by atoms with Crippen LogP contribution in [-0.4, -0.2) is 28.6 Å². The summed E-state index contributed by atoms with van der Waals surface area (Å²) in [5, 5.41) is 9.71. The van der Waals surface area contributed by atoms with Crippen molar-refractivity contribution in [1.29, 1.82) is 0 Å². The predicted molar refractivity (Wildman–Crippen MR) is 90.4 cm³/mol. The number of hydrogen-bond acceptors (Lipinski definition) is 4. The highest BCUT2D eigenvalue weighted by Gasteiger charge is 2.47. The number of aliphatic carboxylic acids is 1. The van der Waals surface area contributed by atoms with Crippen LogP contribution in [0.4, 0.5) is 4.79 Å². The van der Waals surface area contributed by atoms with E-state index in [1.54, 1.807) is 13.0 Å². The van der Waals surface area contributed by atoms with Crippen LogP contribution in [0.1, 0.15) is 25.2 Å². The van der Waals surface area contributed by atoms with Crippen molar-refractivity contribution in [2.75, 3.05) is 6.54 Å². The van der Waals surface area contributed by atoms with E-state index in [2.05, 4.69) is 15.9 Å². The molecule has 6 nitrogen and oxygen atoms in total. The Morgan fingerprint density at radius 1 is 1.25 bits per heavy atom. The summed E-state index contributed by atoms with van der Waals surface area (Å²) in [4.78, 5) is 25.5. The summed E-state index contributed by atoms with van der Waals surface area (Å²) in [5.41, 5.74) is -0.853. The molecule has 0 aliphatic rings. The molecule has 0 radical (unpaired) electrons.